The Morgan fingerprint density at radius 2 is 2.08 bits per heavy atom. The van der Waals surface area contributed by atoms with E-state index in [1.165, 1.54) is 17.4 Å². The number of benzene rings is 2. The van der Waals surface area contributed by atoms with E-state index in [0.29, 0.717) is 16.9 Å². The van der Waals surface area contributed by atoms with Crippen molar-refractivity contribution in [3.05, 3.63) is 80.7 Å². The maximum absolute atomic E-state index is 12.6. The van der Waals surface area contributed by atoms with Crippen molar-refractivity contribution in [1.29, 1.82) is 0 Å². The van der Waals surface area contributed by atoms with E-state index >= 15 is 0 Å². The molecule has 3 aromatic rings. The fraction of sp³-hybridized carbons (Fsp3) is 0.158. The number of thiazole rings is 1. The van der Waals surface area contributed by atoms with Crippen LogP contribution in [0.2, 0.25) is 0 Å². The first-order chi connectivity index (χ1) is 12.4. The molecule has 0 unspecified atom stereocenters. The van der Waals surface area contributed by atoms with Crippen molar-refractivity contribution < 1.29 is 9.72 Å². The van der Waals surface area contributed by atoms with E-state index in [0.717, 1.165) is 15.8 Å². The molecule has 0 aliphatic carbocycles. The third kappa shape index (κ3) is 3.34. The predicted molar refractivity (Wildman–Crippen MR) is 102 cm³/mol. The van der Waals surface area contributed by atoms with E-state index in [4.69, 9.17) is 0 Å². The first kappa shape index (κ1) is 17.8. The van der Waals surface area contributed by atoms with Crippen LogP contribution < -0.4 is 4.80 Å². The molecule has 1 aromatic heterocycles. The monoisotopic (exact) mass is 367 g/mol. The number of carbonyl (C=O) groups is 1. The minimum atomic E-state index is -0.505. The number of nitro benzene ring substituents is 1. The van der Waals surface area contributed by atoms with E-state index in [1.807, 2.05) is 29.7 Å². The van der Waals surface area contributed by atoms with Crippen molar-refractivity contribution >= 4 is 33.1 Å². The lowest BCUT2D eigenvalue weighted by Gasteiger charge is -2.02. The molecule has 0 saturated carbocycles. The second-order valence-corrected chi connectivity index (χ2v) is 6.94. The van der Waals surface area contributed by atoms with E-state index in [2.05, 4.69) is 11.6 Å². The zero-order chi connectivity index (χ0) is 18.8. The Bertz CT molecular complexity index is 1110. The summed E-state index contributed by atoms with van der Waals surface area (Å²) in [5.41, 5.74) is 2.71. The number of hydrogen-bond donors (Lipinski definition) is 0. The molecular weight excluding hydrogens is 350 g/mol. The van der Waals surface area contributed by atoms with Gasteiger partial charge in [-0.1, -0.05) is 29.5 Å². The lowest BCUT2D eigenvalue weighted by molar-refractivity contribution is -0.385. The standard InChI is InChI=1S/C19H17N3O3S/c1-4-9-21-15-8-5-12(2)10-17(15)26-19(21)20-18(23)14-7-6-13(3)16(11-14)22(24)25/h4-8,10-11H,1,9H2,2-3H3. The van der Waals surface area contributed by atoms with Crippen molar-refractivity contribution in [2.75, 3.05) is 0 Å². The molecule has 2 aromatic carbocycles. The van der Waals surface area contributed by atoms with E-state index in [-0.39, 0.29) is 11.3 Å². The maximum Gasteiger partial charge on any atom is 0.279 e. The predicted octanol–water partition coefficient (Wildman–Crippen LogP) is 4.15. The van der Waals surface area contributed by atoms with Crippen LogP contribution in [0.15, 0.2) is 54.0 Å². The van der Waals surface area contributed by atoms with E-state index in [1.54, 1.807) is 25.1 Å². The molecule has 0 aliphatic rings. The summed E-state index contributed by atoms with van der Waals surface area (Å²) >= 11 is 1.41. The zero-order valence-corrected chi connectivity index (χ0v) is 15.2. The van der Waals surface area contributed by atoms with E-state index < -0.39 is 10.8 Å². The molecule has 1 heterocycles. The van der Waals surface area contributed by atoms with Gasteiger partial charge in [-0.2, -0.15) is 4.99 Å². The summed E-state index contributed by atoms with van der Waals surface area (Å²) in [6.45, 7) is 7.92. The van der Waals surface area contributed by atoms with Gasteiger partial charge in [-0.15, -0.1) is 6.58 Å². The van der Waals surface area contributed by atoms with Crippen LogP contribution >= 0.6 is 11.3 Å². The molecule has 0 bridgehead atoms. The first-order valence-corrected chi connectivity index (χ1v) is 8.77. The van der Waals surface area contributed by atoms with Gasteiger partial charge < -0.3 is 4.57 Å². The zero-order valence-electron chi connectivity index (χ0n) is 14.4. The lowest BCUT2D eigenvalue weighted by atomic mass is 10.1. The van der Waals surface area contributed by atoms with Crippen LogP contribution in [0.25, 0.3) is 10.2 Å². The van der Waals surface area contributed by atoms with Gasteiger partial charge in [0, 0.05) is 23.7 Å². The SMILES string of the molecule is C=CCn1c(=NC(=O)c2ccc(C)c([N+](=O)[O-])c2)sc2cc(C)ccc21. The average molecular weight is 367 g/mol. The first-order valence-electron chi connectivity index (χ1n) is 7.95. The highest BCUT2D eigenvalue weighted by Gasteiger charge is 2.15. The fourth-order valence-electron chi connectivity index (χ4n) is 2.66. The highest BCUT2D eigenvalue weighted by Crippen LogP contribution is 2.21. The van der Waals surface area contributed by atoms with Crippen LogP contribution in [-0.4, -0.2) is 15.4 Å². The smallest absolute Gasteiger partial charge is 0.279 e. The largest absolute Gasteiger partial charge is 0.312 e. The molecule has 0 fully saturated rings. The Morgan fingerprint density at radius 1 is 1.31 bits per heavy atom. The summed E-state index contributed by atoms with van der Waals surface area (Å²) in [6.07, 6.45) is 1.74. The molecule has 0 aliphatic heterocycles. The molecule has 1 amide bonds. The van der Waals surface area contributed by atoms with Crippen LogP contribution in [0.4, 0.5) is 5.69 Å². The van der Waals surface area contributed by atoms with Gasteiger partial charge in [0.25, 0.3) is 11.6 Å². The van der Waals surface area contributed by atoms with Crippen LogP contribution in [0.1, 0.15) is 21.5 Å². The van der Waals surface area contributed by atoms with Crippen molar-refractivity contribution in [3.63, 3.8) is 0 Å². The van der Waals surface area contributed by atoms with Gasteiger partial charge in [-0.05, 0) is 37.6 Å². The normalized spacial score (nSPS) is 11.7. The Morgan fingerprint density at radius 3 is 2.77 bits per heavy atom. The molecule has 0 saturated heterocycles. The molecule has 6 nitrogen and oxygen atoms in total. The molecule has 132 valence electrons. The van der Waals surface area contributed by atoms with Gasteiger partial charge in [-0.25, -0.2) is 0 Å². The van der Waals surface area contributed by atoms with Crippen molar-refractivity contribution in [1.82, 2.24) is 4.57 Å². The molecule has 0 spiro atoms. The fourth-order valence-corrected chi connectivity index (χ4v) is 3.80. The number of aromatic nitrogens is 1. The molecule has 0 N–H and O–H groups in total. The van der Waals surface area contributed by atoms with Crippen LogP contribution in [-0.2, 0) is 6.54 Å². The topological polar surface area (TPSA) is 77.5 Å². The van der Waals surface area contributed by atoms with Gasteiger partial charge in [0.1, 0.15) is 0 Å². The molecule has 0 radical (unpaired) electrons. The second-order valence-electron chi connectivity index (χ2n) is 5.93. The van der Waals surface area contributed by atoms with Crippen molar-refractivity contribution in [2.24, 2.45) is 4.99 Å². The number of aryl methyl sites for hydroxylation is 2. The number of carbonyl (C=O) groups excluding carboxylic acids is 1. The highest BCUT2D eigenvalue weighted by atomic mass is 32.1. The summed E-state index contributed by atoms with van der Waals surface area (Å²) < 4.78 is 2.93. The summed E-state index contributed by atoms with van der Waals surface area (Å²) in [5, 5.41) is 11.1. The number of nitro groups is 1. The molecule has 3 rings (SSSR count). The van der Waals surface area contributed by atoms with Gasteiger partial charge >= 0.3 is 0 Å². The van der Waals surface area contributed by atoms with E-state index in [9.17, 15) is 14.9 Å². The maximum atomic E-state index is 12.6. The number of amides is 1. The molecule has 0 atom stereocenters. The van der Waals surface area contributed by atoms with Crippen molar-refractivity contribution in [3.8, 4) is 0 Å². The summed E-state index contributed by atoms with van der Waals surface area (Å²) in [4.78, 5) is 27.9. The number of nitrogens with zero attached hydrogens (tertiary/aromatic N) is 3. The van der Waals surface area contributed by atoms with Gasteiger partial charge in [-0.3, -0.25) is 14.9 Å². The number of rotatable bonds is 4. The Balaban J connectivity index is 2.13. The summed E-state index contributed by atoms with van der Waals surface area (Å²) in [6, 6.07) is 10.4. The Kier molecular flexibility index (Phi) is 4.81. The molecule has 7 heteroatoms. The third-order valence-electron chi connectivity index (χ3n) is 4.00. The summed E-state index contributed by atoms with van der Waals surface area (Å²) in [5.74, 6) is -0.505. The Hall–Kier alpha value is -3.06. The minimum Gasteiger partial charge on any atom is -0.312 e. The molecule has 26 heavy (non-hydrogen) atoms. The average Bonchev–Trinajstić information content (AvgIpc) is 2.91. The minimum absolute atomic E-state index is 0.0861. The van der Waals surface area contributed by atoms with Crippen LogP contribution in [0.5, 0.6) is 0 Å². The Labute approximate surface area is 153 Å². The van der Waals surface area contributed by atoms with Gasteiger partial charge in [0.15, 0.2) is 4.80 Å². The van der Waals surface area contributed by atoms with Gasteiger partial charge in [0.05, 0.1) is 15.1 Å². The third-order valence-corrected chi connectivity index (χ3v) is 5.04. The lowest BCUT2D eigenvalue weighted by Crippen LogP contribution is -2.16. The quantitative estimate of drug-likeness (QED) is 0.395. The number of allylic oxidation sites excluding steroid dienone is 1. The molecular formula is C19H17N3O3S. The number of hydrogen-bond acceptors (Lipinski definition) is 4. The second kappa shape index (κ2) is 7.05. The van der Waals surface area contributed by atoms with Crippen molar-refractivity contribution in [2.45, 2.75) is 20.4 Å². The van der Waals surface area contributed by atoms with Crippen LogP contribution in [0, 0.1) is 24.0 Å². The number of fused-ring (bicyclic) bond motifs is 1. The summed E-state index contributed by atoms with van der Waals surface area (Å²) in [7, 11) is 0. The van der Waals surface area contributed by atoms with Crippen LogP contribution in [0.3, 0.4) is 0 Å². The van der Waals surface area contributed by atoms with Gasteiger partial charge in [0.2, 0.25) is 0 Å². The highest BCUT2D eigenvalue weighted by molar-refractivity contribution is 7.16.